The molecule has 0 aromatic carbocycles. The van der Waals surface area contributed by atoms with Crippen LogP contribution in [0.25, 0.3) is 0 Å². The van der Waals surface area contributed by atoms with Gasteiger partial charge in [-0.1, -0.05) is 46.0 Å². The number of unbranched alkanes of at least 4 members (excludes halogenated alkanes) is 1. The van der Waals surface area contributed by atoms with Crippen molar-refractivity contribution in [2.75, 3.05) is 0 Å². The van der Waals surface area contributed by atoms with E-state index in [0.29, 0.717) is 5.92 Å². The number of carbonyl (C=O) groups is 1. The van der Waals surface area contributed by atoms with Crippen LogP contribution >= 0.6 is 0 Å². The van der Waals surface area contributed by atoms with E-state index in [2.05, 4.69) is 13.8 Å². The van der Waals surface area contributed by atoms with Gasteiger partial charge in [-0.3, -0.25) is 4.79 Å². The minimum atomic E-state index is -0.103. The SMILES string of the molecule is CCCCC(CC)CC1CCCCC1OC(C)=O. The molecule has 1 rings (SSSR count). The van der Waals surface area contributed by atoms with Crippen molar-refractivity contribution < 1.29 is 9.53 Å². The molecular formula is C16H30O2. The zero-order valence-corrected chi connectivity index (χ0v) is 12.4. The summed E-state index contributed by atoms with van der Waals surface area (Å²) in [6, 6.07) is 0. The number of ether oxygens (including phenoxy) is 1. The maximum atomic E-state index is 11.2. The van der Waals surface area contributed by atoms with Gasteiger partial charge in [-0.25, -0.2) is 0 Å². The molecule has 3 atom stereocenters. The molecular weight excluding hydrogens is 224 g/mol. The van der Waals surface area contributed by atoms with Gasteiger partial charge in [-0.05, 0) is 37.5 Å². The second kappa shape index (κ2) is 8.55. The van der Waals surface area contributed by atoms with Gasteiger partial charge in [-0.2, -0.15) is 0 Å². The van der Waals surface area contributed by atoms with Gasteiger partial charge >= 0.3 is 5.97 Å². The van der Waals surface area contributed by atoms with Crippen molar-refractivity contribution in [3.63, 3.8) is 0 Å². The molecule has 2 heteroatoms. The average molecular weight is 254 g/mol. The molecule has 1 saturated carbocycles. The summed E-state index contributed by atoms with van der Waals surface area (Å²) in [6.45, 7) is 6.10. The summed E-state index contributed by atoms with van der Waals surface area (Å²) < 4.78 is 5.51. The number of hydrogen-bond donors (Lipinski definition) is 0. The van der Waals surface area contributed by atoms with E-state index in [9.17, 15) is 4.79 Å². The molecule has 0 radical (unpaired) electrons. The molecule has 2 nitrogen and oxygen atoms in total. The van der Waals surface area contributed by atoms with Gasteiger partial charge in [0, 0.05) is 6.92 Å². The third-order valence-corrected chi connectivity index (χ3v) is 4.34. The first-order valence-electron chi connectivity index (χ1n) is 7.84. The summed E-state index contributed by atoms with van der Waals surface area (Å²) in [5.74, 6) is 1.34. The molecule has 1 aliphatic rings. The maximum absolute atomic E-state index is 11.2. The van der Waals surface area contributed by atoms with E-state index in [1.54, 1.807) is 6.92 Å². The Labute approximate surface area is 112 Å². The van der Waals surface area contributed by atoms with E-state index in [1.165, 1.54) is 51.4 Å². The fraction of sp³-hybridized carbons (Fsp3) is 0.938. The minimum Gasteiger partial charge on any atom is -0.462 e. The van der Waals surface area contributed by atoms with E-state index in [1.807, 2.05) is 0 Å². The van der Waals surface area contributed by atoms with E-state index >= 15 is 0 Å². The fourth-order valence-electron chi connectivity index (χ4n) is 3.22. The summed E-state index contributed by atoms with van der Waals surface area (Å²) in [6.07, 6.45) is 11.6. The number of esters is 1. The highest BCUT2D eigenvalue weighted by Gasteiger charge is 2.29. The van der Waals surface area contributed by atoms with Crippen LogP contribution in [0.2, 0.25) is 0 Å². The zero-order chi connectivity index (χ0) is 13.4. The molecule has 0 spiro atoms. The Kier molecular flexibility index (Phi) is 7.38. The second-order valence-electron chi connectivity index (χ2n) is 5.84. The Balaban J connectivity index is 2.46. The van der Waals surface area contributed by atoms with Crippen molar-refractivity contribution in [2.24, 2.45) is 11.8 Å². The van der Waals surface area contributed by atoms with Gasteiger partial charge in [0.1, 0.15) is 6.10 Å². The molecule has 0 saturated heterocycles. The Morgan fingerprint density at radius 1 is 1.28 bits per heavy atom. The van der Waals surface area contributed by atoms with Gasteiger partial charge in [0.15, 0.2) is 0 Å². The molecule has 1 aliphatic carbocycles. The van der Waals surface area contributed by atoms with Crippen LogP contribution in [0.1, 0.15) is 78.6 Å². The number of rotatable bonds is 7. The molecule has 0 bridgehead atoms. The largest absolute Gasteiger partial charge is 0.462 e. The Morgan fingerprint density at radius 2 is 2.00 bits per heavy atom. The van der Waals surface area contributed by atoms with E-state index in [0.717, 1.165) is 12.3 Å². The topological polar surface area (TPSA) is 26.3 Å². The lowest BCUT2D eigenvalue weighted by Gasteiger charge is -2.33. The van der Waals surface area contributed by atoms with Crippen LogP contribution in [-0.2, 0) is 9.53 Å². The van der Waals surface area contributed by atoms with Gasteiger partial charge in [-0.15, -0.1) is 0 Å². The Bertz CT molecular complexity index is 237. The first-order valence-corrected chi connectivity index (χ1v) is 7.84. The molecule has 0 aromatic heterocycles. The third-order valence-electron chi connectivity index (χ3n) is 4.34. The average Bonchev–Trinajstić information content (AvgIpc) is 2.35. The summed E-state index contributed by atoms with van der Waals surface area (Å²) in [5, 5.41) is 0. The lowest BCUT2D eigenvalue weighted by molar-refractivity contribution is -0.151. The van der Waals surface area contributed by atoms with E-state index < -0.39 is 0 Å². The summed E-state index contributed by atoms with van der Waals surface area (Å²) in [7, 11) is 0. The predicted octanol–water partition coefficient (Wildman–Crippen LogP) is 4.71. The molecule has 0 amide bonds. The highest BCUT2D eigenvalue weighted by atomic mass is 16.5. The Hall–Kier alpha value is -0.530. The van der Waals surface area contributed by atoms with Crippen LogP contribution in [0.5, 0.6) is 0 Å². The standard InChI is InChI=1S/C16H30O2/c1-4-6-9-14(5-2)12-15-10-7-8-11-16(15)18-13(3)17/h14-16H,4-12H2,1-3H3. The molecule has 1 fully saturated rings. The van der Waals surface area contributed by atoms with Crippen molar-refractivity contribution in [1.29, 1.82) is 0 Å². The quantitative estimate of drug-likeness (QED) is 0.615. The van der Waals surface area contributed by atoms with Gasteiger partial charge < -0.3 is 4.74 Å². The summed E-state index contributed by atoms with van der Waals surface area (Å²) in [4.78, 5) is 11.2. The van der Waals surface area contributed by atoms with Crippen LogP contribution in [0.4, 0.5) is 0 Å². The molecule has 0 N–H and O–H groups in total. The first-order chi connectivity index (χ1) is 8.67. The van der Waals surface area contributed by atoms with Gasteiger partial charge in [0.05, 0.1) is 0 Å². The molecule has 18 heavy (non-hydrogen) atoms. The smallest absolute Gasteiger partial charge is 0.302 e. The second-order valence-corrected chi connectivity index (χ2v) is 5.84. The molecule has 106 valence electrons. The van der Waals surface area contributed by atoms with Crippen molar-refractivity contribution in [1.82, 2.24) is 0 Å². The maximum Gasteiger partial charge on any atom is 0.302 e. The van der Waals surface area contributed by atoms with Crippen LogP contribution in [0.3, 0.4) is 0 Å². The molecule has 3 unspecified atom stereocenters. The fourth-order valence-corrected chi connectivity index (χ4v) is 3.22. The number of carbonyl (C=O) groups excluding carboxylic acids is 1. The van der Waals surface area contributed by atoms with Crippen LogP contribution < -0.4 is 0 Å². The van der Waals surface area contributed by atoms with Crippen LogP contribution in [-0.4, -0.2) is 12.1 Å². The monoisotopic (exact) mass is 254 g/mol. The van der Waals surface area contributed by atoms with Crippen molar-refractivity contribution >= 4 is 5.97 Å². The number of hydrogen-bond acceptors (Lipinski definition) is 2. The molecule has 0 aliphatic heterocycles. The summed E-state index contributed by atoms with van der Waals surface area (Å²) in [5.41, 5.74) is 0. The Morgan fingerprint density at radius 3 is 2.61 bits per heavy atom. The predicted molar refractivity (Wildman–Crippen MR) is 75.4 cm³/mol. The highest BCUT2D eigenvalue weighted by Crippen LogP contribution is 2.34. The molecule has 0 heterocycles. The van der Waals surface area contributed by atoms with Crippen molar-refractivity contribution in [3.05, 3.63) is 0 Å². The van der Waals surface area contributed by atoms with Crippen LogP contribution in [0.15, 0.2) is 0 Å². The van der Waals surface area contributed by atoms with Gasteiger partial charge in [0.25, 0.3) is 0 Å². The lowest BCUT2D eigenvalue weighted by Crippen LogP contribution is -2.30. The normalized spacial score (nSPS) is 25.7. The third kappa shape index (κ3) is 5.41. The van der Waals surface area contributed by atoms with E-state index in [4.69, 9.17) is 4.74 Å². The highest BCUT2D eigenvalue weighted by molar-refractivity contribution is 5.66. The van der Waals surface area contributed by atoms with Gasteiger partial charge in [0.2, 0.25) is 0 Å². The zero-order valence-electron chi connectivity index (χ0n) is 12.4. The minimum absolute atomic E-state index is 0.103. The molecule has 0 aromatic rings. The van der Waals surface area contributed by atoms with Crippen molar-refractivity contribution in [2.45, 2.75) is 84.7 Å². The first kappa shape index (κ1) is 15.5. The summed E-state index contributed by atoms with van der Waals surface area (Å²) >= 11 is 0. The van der Waals surface area contributed by atoms with Crippen molar-refractivity contribution in [3.8, 4) is 0 Å². The van der Waals surface area contributed by atoms with Crippen LogP contribution in [0, 0.1) is 11.8 Å². The lowest BCUT2D eigenvalue weighted by atomic mass is 9.78. The van der Waals surface area contributed by atoms with E-state index in [-0.39, 0.29) is 12.1 Å².